The lowest BCUT2D eigenvalue weighted by Gasteiger charge is -2.23. The Labute approximate surface area is 191 Å². The van der Waals surface area contributed by atoms with Crippen LogP contribution in [0.25, 0.3) is 0 Å². The van der Waals surface area contributed by atoms with E-state index in [9.17, 15) is 9.18 Å². The molecule has 0 aromatic heterocycles. The molecule has 0 heterocycles. The van der Waals surface area contributed by atoms with Gasteiger partial charge in [0.25, 0.3) is 0 Å². The van der Waals surface area contributed by atoms with Gasteiger partial charge in [-0.2, -0.15) is 0 Å². The van der Waals surface area contributed by atoms with Gasteiger partial charge in [-0.15, -0.1) is 0 Å². The largest absolute Gasteiger partial charge is 0.400 e. The first kappa shape index (κ1) is 29.5. The maximum absolute atomic E-state index is 13.6. The molecule has 0 saturated heterocycles. The maximum atomic E-state index is 13.6. The first-order valence-corrected chi connectivity index (χ1v) is 11.9. The molecule has 0 radical (unpaired) electrons. The number of rotatable bonds is 13. The second kappa shape index (κ2) is 17.1. The number of ether oxygens (including phenoxy) is 1. The highest BCUT2D eigenvalue weighted by atomic mass is 19.1. The summed E-state index contributed by atoms with van der Waals surface area (Å²) >= 11 is 0. The van der Waals surface area contributed by atoms with Gasteiger partial charge in [0.05, 0.1) is 11.6 Å². The van der Waals surface area contributed by atoms with E-state index in [0.29, 0.717) is 6.41 Å². The minimum Gasteiger partial charge on any atom is -0.400 e. The average molecular weight is 442 g/mol. The highest BCUT2D eigenvalue weighted by Gasteiger charge is 2.21. The number of hydrogen-bond donors (Lipinski definition) is 2. The average Bonchev–Trinajstić information content (AvgIpc) is 3.59. The summed E-state index contributed by atoms with van der Waals surface area (Å²) in [6, 6.07) is 5.05. The lowest BCUT2D eigenvalue weighted by molar-refractivity contribution is -0.110. The number of amides is 1. The molecule has 2 rings (SSSR count). The van der Waals surface area contributed by atoms with Crippen LogP contribution >= 0.6 is 0 Å². The number of aliphatic hydroxyl groups excluding tert-OH is 1. The Morgan fingerprint density at radius 1 is 1.26 bits per heavy atom. The summed E-state index contributed by atoms with van der Waals surface area (Å²) in [7, 11) is 1.00. The fourth-order valence-electron chi connectivity index (χ4n) is 3.00. The van der Waals surface area contributed by atoms with Crippen LogP contribution in [-0.4, -0.2) is 30.8 Å². The zero-order valence-corrected chi connectivity index (χ0v) is 20.7. The fourth-order valence-corrected chi connectivity index (χ4v) is 3.00. The van der Waals surface area contributed by atoms with Crippen molar-refractivity contribution in [1.29, 1.82) is 0 Å². The number of unbranched alkanes of at least 4 members (excludes halogenated alkanes) is 3. The van der Waals surface area contributed by atoms with Gasteiger partial charge in [0.1, 0.15) is 5.82 Å². The molecule has 1 amide bonds. The Balaban J connectivity index is 0. The van der Waals surface area contributed by atoms with Crippen molar-refractivity contribution in [3.63, 3.8) is 0 Å². The molecule has 182 valence electrons. The van der Waals surface area contributed by atoms with Crippen molar-refractivity contribution in [2.24, 2.45) is 5.92 Å². The lowest BCUT2D eigenvalue weighted by atomic mass is 10.0. The Morgan fingerprint density at radius 3 is 2.48 bits per heavy atom. The summed E-state index contributed by atoms with van der Waals surface area (Å²) in [5.74, 6) is 0.677. The van der Waals surface area contributed by atoms with Crippen molar-refractivity contribution < 1.29 is 20.5 Å². The molecule has 1 aromatic rings. The number of aryl methyl sites for hydroxylation is 1. The summed E-state index contributed by atoms with van der Waals surface area (Å²) < 4.78 is 19.3. The van der Waals surface area contributed by atoms with Gasteiger partial charge in [-0.25, -0.2) is 4.39 Å². The van der Waals surface area contributed by atoms with Crippen LogP contribution in [0.15, 0.2) is 18.2 Å². The van der Waals surface area contributed by atoms with Gasteiger partial charge in [-0.05, 0) is 69.6 Å². The predicted octanol–water partition coefficient (Wildman–Crippen LogP) is 6.60. The summed E-state index contributed by atoms with van der Waals surface area (Å²) in [5.41, 5.74) is 1.82. The SMILES string of the molecule is CCCCCCOC(C)(C)CC.CO.C[C@@H](NC=O)c1ccc(F)c(CCC2CC2)c1.[HH]. The summed E-state index contributed by atoms with van der Waals surface area (Å²) in [5, 5.41) is 9.68. The van der Waals surface area contributed by atoms with Gasteiger partial charge in [-0.1, -0.05) is 58.1 Å². The van der Waals surface area contributed by atoms with E-state index in [1.165, 1.54) is 44.6 Å². The third-order valence-electron chi connectivity index (χ3n) is 5.75. The highest BCUT2D eigenvalue weighted by molar-refractivity contribution is 5.47. The predicted molar refractivity (Wildman–Crippen MR) is 130 cm³/mol. The van der Waals surface area contributed by atoms with E-state index in [2.05, 4.69) is 33.0 Å². The number of aliphatic hydroxyl groups is 1. The molecule has 1 fully saturated rings. The van der Waals surface area contributed by atoms with Crippen LogP contribution in [0.3, 0.4) is 0 Å². The quantitative estimate of drug-likeness (QED) is 0.268. The summed E-state index contributed by atoms with van der Waals surface area (Å²) in [4.78, 5) is 10.4. The van der Waals surface area contributed by atoms with Crippen LogP contribution in [0.5, 0.6) is 0 Å². The van der Waals surface area contributed by atoms with Crippen LogP contribution in [0.4, 0.5) is 4.39 Å². The zero-order valence-electron chi connectivity index (χ0n) is 20.7. The summed E-state index contributed by atoms with van der Waals surface area (Å²) in [6.45, 7) is 11.6. The first-order valence-electron chi connectivity index (χ1n) is 11.9. The normalized spacial score (nSPS) is 13.9. The van der Waals surface area contributed by atoms with E-state index in [1.54, 1.807) is 6.07 Å². The van der Waals surface area contributed by atoms with Crippen LogP contribution in [0.2, 0.25) is 0 Å². The van der Waals surface area contributed by atoms with Crippen molar-refractivity contribution in [1.82, 2.24) is 5.32 Å². The Morgan fingerprint density at radius 2 is 1.94 bits per heavy atom. The molecule has 1 aromatic carbocycles. The molecule has 0 spiro atoms. The number of halogens is 1. The Kier molecular flexibility index (Phi) is 16.3. The second-order valence-corrected chi connectivity index (χ2v) is 8.86. The first-order chi connectivity index (χ1) is 14.8. The molecule has 5 heteroatoms. The Bertz CT molecular complexity index is 594. The third kappa shape index (κ3) is 14.3. The van der Waals surface area contributed by atoms with E-state index in [4.69, 9.17) is 9.84 Å². The van der Waals surface area contributed by atoms with Crippen molar-refractivity contribution in [2.75, 3.05) is 13.7 Å². The van der Waals surface area contributed by atoms with E-state index < -0.39 is 0 Å². The molecule has 31 heavy (non-hydrogen) atoms. The van der Waals surface area contributed by atoms with E-state index >= 15 is 0 Å². The topological polar surface area (TPSA) is 58.6 Å². The van der Waals surface area contributed by atoms with Gasteiger partial charge < -0.3 is 15.2 Å². The van der Waals surface area contributed by atoms with E-state index in [0.717, 1.165) is 50.0 Å². The Hall–Kier alpha value is -1.46. The van der Waals surface area contributed by atoms with Gasteiger partial charge in [0.2, 0.25) is 6.41 Å². The summed E-state index contributed by atoms with van der Waals surface area (Å²) in [6.07, 6.45) is 11.4. The third-order valence-corrected chi connectivity index (χ3v) is 5.75. The zero-order chi connectivity index (χ0) is 23.7. The van der Waals surface area contributed by atoms with E-state index in [-0.39, 0.29) is 18.9 Å². The molecule has 2 N–H and O–H groups in total. The van der Waals surface area contributed by atoms with Crippen LogP contribution in [0, 0.1) is 11.7 Å². The smallest absolute Gasteiger partial charge is 0.207 e. The molecular formula is C26H48FNO3. The lowest BCUT2D eigenvalue weighted by Crippen LogP contribution is -2.23. The van der Waals surface area contributed by atoms with Gasteiger partial charge in [0.15, 0.2) is 0 Å². The molecule has 1 saturated carbocycles. The minimum atomic E-state index is -0.132. The fraction of sp³-hybridized carbons (Fsp3) is 0.731. The molecule has 1 aliphatic carbocycles. The van der Waals surface area contributed by atoms with E-state index in [1.807, 2.05) is 13.0 Å². The van der Waals surface area contributed by atoms with Crippen LogP contribution in [0.1, 0.15) is 105 Å². The second-order valence-electron chi connectivity index (χ2n) is 8.86. The number of benzene rings is 1. The molecule has 4 nitrogen and oxygen atoms in total. The van der Waals surface area contributed by atoms with Gasteiger partial charge >= 0.3 is 0 Å². The molecule has 0 bridgehead atoms. The van der Waals surface area contributed by atoms with Crippen LogP contribution < -0.4 is 5.32 Å². The maximum Gasteiger partial charge on any atom is 0.207 e. The monoisotopic (exact) mass is 441 g/mol. The number of carbonyl (C=O) groups is 1. The van der Waals surface area contributed by atoms with Gasteiger partial charge in [0, 0.05) is 15.1 Å². The number of hydrogen-bond acceptors (Lipinski definition) is 3. The minimum absolute atomic E-state index is 0. The molecule has 0 aliphatic heterocycles. The van der Waals surface area contributed by atoms with Crippen LogP contribution in [-0.2, 0) is 16.0 Å². The number of carbonyl (C=O) groups excluding carboxylic acids is 1. The number of nitrogens with one attached hydrogen (secondary N) is 1. The highest BCUT2D eigenvalue weighted by Crippen LogP contribution is 2.34. The molecule has 0 unspecified atom stereocenters. The standard InChI is InChI=1S/C14H18FNO.C11H24O.CH4O.H2/c1-10(16-9-17)12-6-7-14(15)13(8-12)5-4-11-2-3-11;1-5-7-8-9-10-12-11(3,4)6-2;1-2;/h6-11H,2-5H2,1H3,(H,16,17);5-10H2,1-4H3;2H,1H3;1H/t10-;;;/m1.../s1. The molecular weight excluding hydrogens is 393 g/mol. The van der Waals surface area contributed by atoms with Crippen molar-refractivity contribution in [3.8, 4) is 0 Å². The van der Waals surface area contributed by atoms with Gasteiger partial charge in [-0.3, -0.25) is 4.79 Å². The molecule has 1 aliphatic rings. The van der Waals surface area contributed by atoms with Crippen molar-refractivity contribution in [2.45, 2.75) is 104 Å². The molecule has 1 atom stereocenters. The van der Waals surface area contributed by atoms with Crippen molar-refractivity contribution in [3.05, 3.63) is 35.1 Å². The van der Waals surface area contributed by atoms with Crippen molar-refractivity contribution >= 4 is 6.41 Å².